The van der Waals surface area contributed by atoms with Gasteiger partial charge in [-0.2, -0.15) is 0 Å². The topological polar surface area (TPSA) is 76.5 Å². The average Bonchev–Trinajstić information content (AvgIpc) is 2.72. The van der Waals surface area contributed by atoms with Crippen molar-refractivity contribution < 1.29 is 18.3 Å². The van der Waals surface area contributed by atoms with Crippen molar-refractivity contribution in [2.45, 2.75) is 30.1 Å². The van der Waals surface area contributed by atoms with Gasteiger partial charge in [0.05, 0.1) is 12.4 Å². The molecule has 0 aromatic carbocycles. The van der Waals surface area contributed by atoms with Gasteiger partial charge in [-0.3, -0.25) is 4.98 Å². The normalized spacial score (nSPS) is 28.3. The van der Waals surface area contributed by atoms with E-state index in [-0.39, 0.29) is 0 Å². The molecule has 2 unspecified atom stereocenters. The highest BCUT2D eigenvalue weighted by molar-refractivity contribution is 7.91. The van der Waals surface area contributed by atoms with Crippen LogP contribution in [0.5, 0.6) is 5.75 Å². The summed E-state index contributed by atoms with van der Waals surface area (Å²) in [6.45, 7) is 0. The highest BCUT2D eigenvalue weighted by Gasteiger charge is 2.50. The summed E-state index contributed by atoms with van der Waals surface area (Å²) >= 11 is 0. The number of ether oxygens (including phenoxy) is 1. The predicted molar refractivity (Wildman–Crippen MR) is 67.2 cm³/mol. The fourth-order valence-electron chi connectivity index (χ4n) is 2.68. The van der Waals surface area contributed by atoms with Crippen LogP contribution in [0, 0.1) is 0 Å². The van der Waals surface area contributed by atoms with Crippen molar-refractivity contribution in [3.8, 4) is 5.75 Å². The first-order valence-electron chi connectivity index (χ1n) is 5.80. The van der Waals surface area contributed by atoms with Crippen molar-refractivity contribution in [3.05, 3.63) is 24.0 Å². The van der Waals surface area contributed by atoms with Gasteiger partial charge in [0.2, 0.25) is 0 Å². The SMILES string of the molecule is COc1cccnc1C1(O)CCCC1S(C)(=O)=O. The molecule has 1 heterocycles. The van der Waals surface area contributed by atoms with Gasteiger partial charge in [0.25, 0.3) is 0 Å². The van der Waals surface area contributed by atoms with Crippen molar-refractivity contribution in [1.82, 2.24) is 4.98 Å². The summed E-state index contributed by atoms with van der Waals surface area (Å²) in [6, 6.07) is 3.37. The van der Waals surface area contributed by atoms with Crippen molar-refractivity contribution in [1.29, 1.82) is 0 Å². The van der Waals surface area contributed by atoms with E-state index in [4.69, 9.17) is 4.74 Å². The van der Waals surface area contributed by atoms with Gasteiger partial charge in [-0.1, -0.05) is 0 Å². The molecule has 2 atom stereocenters. The van der Waals surface area contributed by atoms with Gasteiger partial charge in [-0.05, 0) is 31.4 Å². The Balaban J connectivity index is 2.53. The van der Waals surface area contributed by atoms with E-state index in [1.165, 1.54) is 13.3 Å². The largest absolute Gasteiger partial charge is 0.495 e. The minimum atomic E-state index is -3.33. The molecule has 0 amide bonds. The number of methoxy groups -OCH3 is 1. The van der Waals surface area contributed by atoms with Crippen LogP contribution in [0.4, 0.5) is 0 Å². The van der Waals surface area contributed by atoms with Gasteiger partial charge in [-0.15, -0.1) is 0 Å². The molecule has 1 saturated carbocycles. The summed E-state index contributed by atoms with van der Waals surface area (Å²) in [5.74, 6) is 0.426. The number of hydrogen-bond donors (Lipinski definition) is 1. The fourth-order valence-corrected chi connectivity index (χ4v) is 4.21. The molecule has 0 radical (unpaired) electrons. The van der Waals surface area contributed by atoms with E-state index >= 15 is 0 Å². The molecule has 18 heavy (non-hydrogen) atoms. The summed E-state index contributed by atoms with van der Waals surface area (Å²) in [6.07, 6.45) is 4.19. The first-order valence-corrected chi connectivity index (χ1v) is 7.76. The Labute approximate surface area is 107 Å². The molecule has 1 N–H and O–H groups in total. The quantitative estimate of drug-likeness (QED) is 0.883. The third-order valence-electron chi connectivity index (χ3n) is 3.47. The Bertz CT molecular complexity index is 543. The van der Waals surface area contributed by atoms with Gasteiger partial charge in [0.15, 0.2) is 9.84 Å². The Morgan fingerprint density at radius 3 is 2.89 bits per heavy atom. The maximum atomic E-state index is 11.8. The Morgan fingerprint density at radius 2 is 2.28 bits per heavy atom. The van der Waals surface area contributed by atoms with Crippen LogP contribution in [0.15, 0.2) is 18.3 Å². The van der Waals surface area contributed by atoms with E-state index in [1.54, 1.807) is 12.1 Å². The number of pyridine rings is 1. The number of sulfone groups is 1. The Morgan fingerprint density at radius 1 is 1.56 bits per heavy atom. The highest BCUT2D eigenvalue weighted by atomic mass is 32.2. The second-order valence-corrected chi connectivity index (χ2v) is 6.92. The molecule has 1 fully saturated rings. The van der Waals surface area contributed by atoms with Crippen LogP contribution < -0.4 is 4.74 Å². The molecule has 100 valence electrons. The molecule has 0 bridgehead atoms. The number of aromatic nitrogens is 1. The summed E-state index contributed by atoms with van der Waals surface area (Å²) in [5, 5.41) is 9.94. The van der Waals surface area contributed by atoms with Crippen LogP contribution in [-0.4, -0.2) is 37.1 Å². The Kier molecular flexibility index (Phi) is 3.33. The first kappa shape index (κ1) is 13.3. The minimum absolute atomic E-state index is 0.320. The molecule has 5 nitrogen and oxygen atoms in total. The van der Waals surface area contributed by atoms with E-state index in [0.717, 1.165) is 6.26 Å². The van der Waals surface area contributed by atoms with Crippen LogP contribution in [0.25, 0.3) is 0 Å². The summed E-state index contributed by atoms with van der Waals surface area (Å²) in [7, 11) is -1.85. The van der Waals surface area contributed by atoms with E-state index in [0.29, 0.717) is 30.7 Å². The third kappa shape index (κ3) is 2.10. The van der Waals surface area contributed by atoms with E-state index in [1.807, 2.05) is 0 Å². The van der Waals surface area contributed by atoms with Crippen molar-refractivity contribution in [2.24, 2.45) is 0 Å². The molecule has 0 spiro atoms. The lowest BCUT2D eigenvalue weighted by molar-refractivity contribution is 0.0405. The van der Waals surface area contributed by atoms with Crippen molar-refractivity contribution in [3.63, 3.8) is 0 Å². The van der Waals surface area contributed by atoms with Crippen molar-refractivity contribution >= 4 is 9.84 Å². The minimum Gasteiger partial charge on any atom is -0.495 e. The number of aliphatic hydroxyl groups is 1. The average molecular weight is 271 g/mol. The van der Waals surface area contributed by atoms with Gasteiger partial charge >= 0.3 is 0 Å². The van der Waals surface area contributed by atoms with Gasteiger partial charge in [0.1, 0.15) is 17.0 Å². The van der Waals surface area contributed by atoms with Gasteiger partial charge in [-0.25, -0.2) is 8.42 Å². The lowest BCUT2D eigenvalue weighted by Crippen LogP contribution is -2.40. The molecule has 1 aliphatic rings. The van der Waals surface area contributed by atoms with Crippen LogP contribution in [0.3, 0.4) is 0 Å². The van der Waals surface area contributed by atoms with Gasteiger partial charge < -0.3 is 9.84 Å². The molecule has 0 saturated heterocycles. The van der Waals surface area contributed by atoms with Crippen LogP contribution in [0.1, 0.15) is 25.0 Å². The number of nitrogens with zero attached hydrogens (tertiary/aromatic N) is 1. The second-order valence-electron chi connectivity index (χ2n) is 4.69. The molecule has 0 aliphatic heterocycles. The van der Waals surface area contributed by atoms with Crippen LogP contribution in [0.2, 0.25) is 0 Å². The Hall–Kier alpha value is -1.14. The zero-order valence-electron chi connectivity index (χ0n) is 10.5. The lowest BCUT2D eigenvalue weighted by atomic mass is 9.96. The predicted octanol–water partition coefficient (Wildman–Crippen LogP) is 0.875. The molecular weight excluding hydrogens is 254 g/mol. The first-order chi connectivity index (χ1) is 8.39. The molecular formula is C12H17NO4S. The van der Waals surface area contributed by atoms with E-state index in [9.17, 15) is 13.5 Å². The third-order valence-corrected chi connectivity index (χ3v) is 5.13. The second kappa shape index (κ2) is 4.51. The zero-order chi connectivity index (χ0) is 13.4. The summed E-state index contributed by atoms with van der Waals surface area (Å²) in [5.41, 5.74) is -1.12. The molecule has 1 aromatic rings. The fraction of sp³-hybridized carbons (Fsp3) is 0.583. The van der Waals surface area contributed by atoms with E-state index < -0.39 is 20.7 Å². The van der Waals surface area contributed by atoms with Crippen molar-refractivity contribution in [2.75, 3.05) is 13.4 Å². The summed E-state index contributed by atoms with van der Waals surface area (Å²) < 4.78 is 28.8. The molecule has 1 aliphatic carbocycles. The van der Waals surface area contributed by atoms with Crippen LogP contribution in [-0.2, 0) is 15.4 Å². The maximum absolute atomic E-state index is 11.8. The standard InChI is InChI=1S/C12H17NO4S/c1-17-9-5-4-8-13-11(9)12(14)7-3-6-10(12)18(2,15)16/h4-5,8,10,14H,3,6-7H2,1-2H3. The summed E-state index contributed by atoms with van der Waals surface area (Å²) in [4.78, 5) is 4.13. The lowest BCUT2D eigenvalue weighted by Gasteiger charge is -2.29. The van der Waals surface area contributed by atoms with Gasteiger partial charge in [0, 0.05) is 12.5 Å². The van der Waals surface area contributed by atoms with E-state index in [2.05, 4.69) is 4.98 Å². The van der Waals surface area contributed by atoms with Crippen LogP contribution >= 0.6 is 0 Å². The highest BCUT2D eigenvalue weighted by Crippen LogP contribution is 2.44. The number of rotatable bonds is 3. The zero-order valence-corrected chi connectivity index (χ0v) is 11.3. The molecule has 2 rings (SSSR count). The maximum Gasteiger partial charge on any atom is 0.153 e. The number of hydrogen-bond acceptors (Lipinski definition) is 5. The monoisotopic (exact) mass is 271 g/mol. The molecule has 6 heteroatoms. The molecule has 1 aromatic heterocycles. The smallest absolute Gasteiger partial charge is 0.153 e.